The van der Waals surface area contributed by atoms with Crippen molar-refractivity contribution in [1.29, 1.82) is 0 Å². The summed E-state index contributed by atoms with van der Waals surface area (Å²) in [7, 11) is 0. The molecular weight excluding hydrogens is 286 g/mol. The number of nitrogens with one attached hydrogen (secondary N) is 2. The molecule has 1 aromatic rings. The van der Waals surface area contributed by atoms with Crippen LogP contribution in [0, 0.1) is 6.92 Å². The molecule has 0 atom stereocenters. The SMILES string of the molecule is CCc1c(C)nc(SCC(=O)NC2CCCCC2)[nH]c1=O. The molecule has 0 unspecified atom stereocenters. The third-order valence-electron chi connectivity index (χ3n) is 3.86. The third-order valence-corrected chi connectivity index (χ3v) is 4.74. The molecule has 1 aliphatic carbocycles. The zero-order valence-corrected chi connectivity index (χ0v) is 13.5. The number of carbonyl (C=O) groups is 1. The Labute approximate surface area is 129 Å². The number of nitrogens with zero attached hydrogens (tertiary/aromatic N) is 1. The van der Waals surface area contributed by atoms with Gasteiger partial charge in [-0.25, -0.2) is 4.98 Å². The summed E-state index contributed by atoms with van der Waals surface area (Å²) >= 11 is 1.29. The Balaban J connectivity index is 1.87. The van der Waals surface area contributed by atoms with Crippen molar-refractivity contribution in [2.24, 2.45) is 0 Å². The number of thioether (sulfide) groups is 1. The summed E-state index contributed by atoms with van der Waals surface area (Å²) in [5.41, 5.74) is 1.36. The second-order valence-electron chi connectivity index (χ2n) is 5.48. The van der Waals surface area contributed by atoms with E-state index in [9.17, 15) is 9.59 Å². The predicted octanol–water partition coefficient (Wildman–Crippen LogP) is 2.18. The Hall–Kier alpha value is -1.30. The van der Waals surface area contributed by atoms with Gasteiger partial charge in [0.25, 0.3) is 5.56 Å². The maximum atomic E-state index is 11.9. The number of hydrogen-bond acceptors (Lipinski definition) is 4. The molecule has 2 rings (SSSR count). The molecule has 5 nitrogen and oxygen atoms in total. The molecule has 6 heteroatoms. The molecule has 1 fully saturated rings. The van der Waals surface area contributed by atoms with E-state index in [0.717, 1.165) is 18.5 Å². The fourth-order valence-electron chi connectivity index (χ4n) is 2.72. The van der Waals surface area contributed by atoms with E-state index in [1.54, 1.807) is 0 Å². The number of H-pyrrole nitrogens is 1. The maximum Gasteiger partial charge on any atom is 0.254 e. The van der Waals surface area contributed by atoms with Crippen LogP contribution < -0.4 is 10.9 Å². The topological polar surface area (TPSA) is 74.8 Å². The van der Waals surface area contributed by atoms with E-state index >= 15 is 0 Å². The Morgan fingerprint density at radius 3 is 2.71 bits per heavy atom. The Kier molecular flexibility index (Phi) is 5.85. The van der Waals surface area contributed by atoms with Gasteiger partial charge in [-0.2, -0.15) is 0 Å². The van der Waals surface area contributed by atoms with E-state index < -0.39 is 0 Å². The molecule has 0 radical (unpaired) electrons. The summed E-state index contributed by atoms with van der Waals surface area (Å²) in [6.45, 7) is 3.77. The number of aryl methyl sites for hydroxylation is 1. The van der Waals surface area contributed by atoms with Gasteiger partial charge in [-0.05, 0) is 26.2 Å². The number of hydrogen-bond donors (Lipinski definition) is 2. The molecule has 1 aliphatic rings. The summed E-state index contributed by atoms with van der Waals surface area (Å²) < 4.78 is 0. The van der Waals surface area contributed by atoms with E-state index in [2.05, 4.69) is 15.3 Å². The van der Waals surface area contributed by atoms with Gasteiger partial charge >= 0.3 is 0 Å². The Bertz CT molecular complexity index is 550. The Morgan fingerprint density at radius 1 is 1.38 bits per heavy atom. The number of aromatic amines is 1. The zero-order chi connectivity index (χ0) is 15.2. The summed E-state index contributed by atoms with van der Waals surface area (Å²) in [6.07, 6.45) is 6.50. The van der Waals surface area contributed by atoms with E-state index in [0.29, 0.717) is 28.9 Å². The second-order valence-corrected chi connectivity index (χ2v) is 6.44. The number of rotatable bonds is 5. The highest BCUT2D eigenvalue weighted by Gasteiger charge is 2.16. The van der Waals surface area contributed by atoms with Crippen molar-refractivity contribution >= 4 is 17.7 Å². The average molecular weight is 309 g/mol. The first-order valence-electron chi connectivity index (χ1n) is 7.62. The molecule has 1 saturated carbocycles. The van der Waals surface area contributed by atoms with Crippen LogP contribution in [0.25, 0.3) is 0 Å². The normalized spacial score (nSPS) is 15.9. The minimum atomic E-state index is -0.0970. The van der Waals surface area contributed by atoms with E-state index in [4.69, 9.17) is 0 Å². The quantitative estimate of drug-likeness (QED) is 0.646. The van der Waals surface area contributed by atoms with Gasteiger partial charge < -0.3 is 10.3 Å². The summed E-state index contributed by atoms with van der Waals surface area (Å²) in [5.74, 6) is 0.316. The van der Waals surface area contributed by atoms with Crippen LogP contribution in [0.2, 0.25) is 0 Å². The summed E-state index contributed by atoms with van der Waals surface area (Å²) in [5, 5.41) is 3.58. The van der Waals surface area contributed by atoms with Crippen LogP contribution in [-0.4, -0.2) is 27.7 Å². The highest BCUT2D eigenvalue weighted by atomic mass is 32.2. The molecule has 21 heavy (non-hydrogen) atoms. The van der Waals surface area contributed by atoms with Gasteiger partial charge in [0.2, 0.25) is 5.91 Å². The van der Waals surface area contributed by atoms with Crippen LogP contribution in [0.4, 0.5) is 0 Å². The largest absolute Gasteiger partial charge is 0.353 e. The van der Waals surface area contributed by atoms with Crippen molar-refractivity contribution in [1.82, 2.24) is 15.3 Å². The second kappa shape index (κ2) is 7.64. The minimum absolute atomic E-state index is 0.0202. The van der Waals surface area contributed by atoms with Crippen LogP contribution >= 0.6 is 11.8 Å². The molecule has 1 heterocycles. The highest BCUT2D eigenvalue weighted by Crippen LogP contribution is 2.18. The van der Waals surface area contributed by atoms with Crippen LogP contribution in [0.5, 0.6) is 0 Å². The van der Waals surface area contributed by atoms with Gasteiger partial charge in [-0.15, -0.1) is 0 Å². The van der Waals surface area contributed by atoms with Crippen molar-refractivity contribution in [3.63, 3.8) is 0 Å². The lowest BCUT2D eigenvalue weighted by Gasteiger charge is -2.22. The monoisotopic (exact) mass is 309 g/mol. The third kappa shape index (κ3) is 4.59. The number of carbonyl (C=O) groups excluding carboxylic acids is 1. The van der Waals surface area contributed by atoms with Crippen molar-refractivity contribution < 1.29 is 4.79 Å². The number of amides is 1. The van der Waals surface area contributed by atoms with Gasteiger partial charge in [0.1, 0.15) is 0 Å². The van der Waals surface area contributed by atoms with E-state index in [1.807, 2.05) is 13.8 Å². The van der Waals surface area contributed by atoms with Crippen molar-refractivity contribution in [2.45, 2.75) is 63.6 Å². The molecule has 0 spiro atoms. The predicted molar refractivity (Wildman–Crippen MR) is 84.7 cm³/mol. The van der Waals surface area contributed by atoms with Crippen LogP contribution in [0.3, 0.4) is 0 Å². The lowest BCUT2D eigenvalue weighted by atomic mass is 9.95. The summed E-state index contributed by atoms with van der Waals surface area (Å²) in [4.78, 5) is 30.9. The summed E-state index contributed by atoms with van der Waals surface area (Å²) in [6, 6.07) is 0.322. The standard InChI is InChI=1S/C15H23N3O2S/c1-3-12-10(2)16-15(18-14(12)20)21-9-13(19)17-11-7-5-4-6-8-11/h11H,3-9H2,1-2H3,(H,17,19)(H,16,18,20). The maximum absolute atomic E-state index is 11.9. The van der Waals surface area contributed by atoms with Gasteiger partial charge in [-0.3, -0.25) is 9.59 Å². The Morgan fingerprint density at radius 2 is 2.10 bits per heavy atom. The molecule has 116 valence electrons. The smallest absolute Gasteiger partial charge is 0.254 e. The van der Waals surface area contributed by atoms with Gasteiger partial charge in [0.05, 0.1) is 5.75 Å². The van der Waals surface area contributed by atoms with Crippen molar-refractivity contribution in [2.75, 3.05) is 5.75 Å². The molecule has 0 aliphatic heterocycles. The van der Waals surface area contributed by atoms with Crippen LogP contribution in [0.15, 0.2) is 9.95 Å². The van der Waals surface area contributed by atoms with Gasteiger partial charge in [0.15, 0.2) is 5.16 Å². The van der Waals surface area contributed by atoms with Crippen molar-refractivity contribution in [3.05, 3.63) is 21.6 Å². The molecular formula is C15H23N3O2S. The van der Waals surface area contributed by atoms with Gasteiger partial charge in [0, 0.05) is 17.3 Å². The fourth-order valence-corrected chi connectivity index (χ4v) is 3.44. The van der Waals surface area contributed by atoms with E-state index in [1.165, 1.54) is 31.0 Å². The van der Waals surface area contributed by atoms with Crippen molar-refractivity contribution in [3.8, 4) is 0 Å². The fraction of sp³-hybridized carbons (Fsp3) is 0.667. The first kappa shape index (κ1) is 16.1. The first-order chi connectivity index (χ1) is 10.1. The number of aromatic nitrogens is 2. The first-order valence-corrected chi connectivity index (χ1v) is 8.60. The van der Waals surface area contributed by atoms with E-state index in [-0.39, 0.29) is 11.5 Å². The molecule has 1 amide bonds. The molecule has 1 aromatic heterocycles. The molecule has 2 N–H and O–H groups in total. The molecule has 0 saturated heterocycles. The highest BCUT2D eigenvalue weighted by molar-refractivity contribution is 7.99. The lowest BCUT2D eigenvalue weighted by Crippen LogP contribution is -2.37. The minimum Gasteiger partial charge on any atom is -0.353 e. The average Bonchev–Trinajstić information content (AvgIpc) is 2.46. The van der Waals surface area contributed by atoms with Crippen LogP contribution in [0.1, 0.15) is 50.3 Å². The van der Waals surface area contributed by atoms with Crippen LogP contribution in [-0.2, 0) is 11.2 Å². The molecule has 0 bridgehead atoms. The molecule has 0 aromatic carbocycles. The zero-order valence-electron chi connectivity index (χ0n) is 12.7. The van der Waals surface area contributed by atoms with Gasteiger partial charge in [-0.1, -0.05) is 37.9 Å². The lowest BCUT2D eigenvalue weighted by molar-refractivity contribution is -0.119.